The molecule has 0 fully saturated rings. The van der Waals surface area contributed by atoms with Crippen molar-refractivity contribution in [3.63, 3.8) is 0 Å². The number of ether oxygens (including phenoxy) is 2. The molecule has 0 aliphatic rings. The molecule has 0 atom stereocenters. The van der Waals surface area contributed by atoms with E-state index in [0.29, 0.717) is 22.8 Å². The summed E-state index contributed by atoms with van der Waals surface area (Å²) >= 11 is 0. The summed E-state index contributed by atoms with van der Waals surface area (Å²) in [5.41, 5.74) is 5.12. The van der Waals surface area contributed by atoms with Gasteiger partial charge in [-0.3, -0.25) is 9.59 Å². The zero-order valence-electron chi connectivity index (χ0n) is 16.5. The van der Waals surface area contributed by atoms with Gasteiger partial charge >= 0.3 is 0 Å². The number of methoxy groups -OCH3 is 2. The molecule has 2 aromatic carbocycles. The topological polar surface area (TPSA) is 89.0 Å². The number of amides is 2. The molecular weight excluding hydrogens is 358 g/mol. The Bertz CT molecular complexity index is 855. The van der Waals surface area contributed by atoms with Crippen LogP contribution in [0.5, 0.6) is 11.5 Å². The van der Waals surface area contributed by atoms with Gasteiger partial charge in [-0.25, -0.2) is 5.43 Å². The minimum absolute atomic E-state index is 0.0692. The summed E-state index contributed by atoms with van der Waals surface area (Å²) in [4.78, 5) is 24.6. The van der Waals surface area contributed by atoms with Crippen LogP contribution < -0.4 is 20.2 Å². The molecule has 0 bridgehead atoms. The van der Waals surface area contributed by atoms with Gasteiger partial charge in [-0.05, 0) is 37.1 Å². The lowest BCUT2D eigenvalue weighted by Crippen LogP contribution is -2.21. The number of hydrogen-bond acceptors (Lipinski definition) is 5. The van der Waals surface area contributed by atoms with Crippen LogP contribution in [-0.2, 0) is 11.2 Å². The number of hydrogen-bond donors (Lipinski definition) is 2. The third-order valence-electron chi connectivity index (χ3n) is 4.05. The number of carbonyl (C=O) groups is 2. The quantitative estimate of drug-likeness (QED) is 0.540. The number of nitrogens with one attached hydrogen (secondary N) is 2. The standard InChI is InChI=1S/C21H25N3O4/c1-5-15-8-6-7-9-19(15)22-20(25)10-14(2)23-24-21(26)16-11-17(27-3)13-18(12-16)28-4/h6-9,11-13H,5,10H2,1-4H3,(H,22,25)(H,24,26)/b23-14-. The number of para-hydroxylation sites is 1. The Morgan fingerprint density at radius 2 is 1.68 bits per heavy atom. The normalized spacial score (nSPS) is 10.9. The summed E-state index contributed by atoms with van der Waals surface area (Å²) in [5, 5.41) is 6.89. The number of carbonyl (C=O) groups excluding carboxylic acids is 2. The van der Waals surface area contributed by atoms with Crippen molar-refractivity contribution in [2.75, 3.05) is 19.5 Å². The molecule has 0 aliphatic carbocycles. The van der Waals surface area contributed by atoms with E-state index >= 15 is 0 Å². The van der Waals surface area contributed by atoms with E-state index < -0.39 is 5.91 Å². The average molecular weight is 383 g/mol. The van der Waals surface area contributed by atoms with Crippen molar-refractivity contribution in [1.82, 2.24) is 5.43 Å². The van der Waals surface area contributed by atoms with E-state index in [1.807, 2.05) is 31.2 Å². The molecular formula is C21H25N3O4. The number of nitrogens with zero attached hydrogens (tertiary/aromatic N) is 1. The number of aryl methyl sites for hydroxylation is 1. The van der Waals surface area contributed by atoms with Crippen molar-refractivity contribution >= 4 is 23.2 Å². The molecule has 2 N–H and O–H groups in total. The minimum atomic E-state index is -0.423. The second-order valence-corrected chi connectivity index (χ2v) is 6.12. The van der Waals surface area contributed by atoms with E-state index in [1.165, 1.54) is 14.2 Å². The zero-order chi connectivity index (χ0) is 20.5. The Labute approximate surface area is 164 Å². The molecule has 0 heterocycles. The smallest absolute Gasteiger partial charge is 0.271 e. The Kier molecular flexibility index (Phi) is 7.56. The maximum absolute atomic E-state index is 12.3. The first kappa shape index (κ1) is 21.0. The molecule has 2 amide bonds. The molecule has 148 valence electrons. The zero-order valence-corrected chi connectivity index (χ0v) is 16.5. The van der Waals surface area contributed by atoms with Crippen LogP contribution in [0.15, 0.2) is 47.6 Å². The fourth-order valence-electron chi connectivity index (χ4n) is 2.57. The molecule has 0 spiro atoms. The van der Waals surface area contributed by atoms with Gasteiger partial charge in [0.2, 0.25) is 5.91 Å². The third-order valence-corrected chi connectivity index (χ3v) is 4.05. The van der Waals surface area contributed by atoms with Gasteiger partial charge in [0.05, 0.1) is 20.6 Å². The fourth-order valence-corrected chi connectivity index (χ4v) is 2.57. The molecule has 2 rings (SSSR count). The van der Waals surface area contributed by atoms with Crippen molar-refractivity contribution in [3.8, 4) is 11.5 Å². The fraction of sp³-hybridized carbons (Fsp3) is 0.286. The molecule has 28 heavy (non-hydrogen) atoms. The number of anilines is 1. The molecule has 0 saturated heterocycles. The highest BCUT2D eigenvalue weighted by atomic mass is 16.5. The van der Waals surface area contributed by atoms with Gasteiger partial charge < -0.3 is 14.8 Å². The van der Waals surface area contributed by atoms with Crippen molar-refractivity contribution in [1.29, 1.82) is 0 Å². The van der Waals surface area contributed by atoms with Crippen LogP contribution in [0.25, 0.3) is 0 Å². The molecule has 7 nitrogen and oxygen atoms in total. The predicted molar refractivity (Wildman–Crippen MR) is 109 cm³/mol. The summed E-state index contributed by atoms with van der Waals surface area (Å²) in [6.07, 6.45) is 0.892. The van der Waals surface area contributed by atoms with E-state index in [-0.39, 0.29) is 12.3 Å². The largest absolute Gasteiger partial charge is 0.497 e. The van der Waals surface area contributed by atoms with Gasteiger partial charge in [-0.1, -0.05) is 25.1 Å². The maximum atomic E-state index is 12.3. The van der Waals surface area contributed by atoms with E-state index in [0.717, 1.165) is 17.7 Å². The van der Waals surface area contributed by atoms with Gasteiger partial charge in [0, 0.05) is 23.0 Å². The van der Waals surface area contributed by atoms with Crippen molar-refractivity contribution in [2.24, 2.45) is 5.10 Å². The number of hydrazone groups is 1. The summed E-state index contributed by atoms with van der Waals surface area (Å²) in [7, 11) is 3.02. The molecule has 0 aromatic heterocycles. The second-order valence-electron chi connectivity index (χ2n) is 6.12. The Morgan fingerprint density at radius 3 is 2.29 bits per heavy atom. The van der Waals surface area contributed by atoms with E-state index in [2.05, 4.69) is 15.8 Å². The SMILES string of the molecule is CCc1ccccc1NC(=O)C/C(C)=N\NC(=O)c1cc(OC)cc(OC)c1. The first-order chi connectivity index (χ1) is 13.5. The lowest BCUT2D eigenvalue weighted by atomic mass is 10.1. The summed E-state index contributed by atoms with van der Waals surface area (Å²) in [5.74, 6) is 0.381. The van der Waals surface area contributed by atoms with Gasteiger partial charge in [-0.15, -0.1) is 0 Å². The van der Waals surface area contributed by atoms with Crippen LogP contribution in [-0.4, -0.2) is 31.7 Å². The van der Waals surface area contributed by atoms with Crippen LogP contribution in [0.2, 0.25) is 0 Å². The highest BCUT2D eigenvalue weighted by Crippen LogP contribution is 2.22. The van der Waals surface area contributed by atoms with Crippen LogP contribution in [0.4, 0.5) is 5.69 Å². The molecule has 0 radical (unpaired) electrons. The molecule has 7 heteroatoms. The average Bonchev–Trinajstić information content (AvgIpc) is 2.71. The van der Waals surface area contributed by atoms with E-state index in [4.69, 9.17) is 9.47 Å². The van der Waals surface area contributed by atoms with Crippen LogP contribution in [0.3, 0.4) is 0 Å². The second kappa shape index (κ2) is 10.1. The Morgan fingerprint density at radius 1 is 1.04 bits per heavy atom. The first-order valence-corrected chi connectivity index (χ1v) is 8.91. The predicted octanol–water partition coefficient (Wildman–Crippen LogP) is 3.40. The van der Waals surface area contributed by atoms with Crippen molar-refractivity contribution in [3.05, 3.63) is 53.6 Å². The minimum Gasteiger partial charge on any atom is -0.497 e. The van der Waals surface area contributed by atoms with E-state index in [9.17, 15) is 9.59 Å². The summed E-state index contributed by atoms with van der Waals surface area (Å²) in [6.45, 7) is 3.71. The van der Waals surface area contributed by atoms with Gasteiger partial charge in [-0.2, -0.15) is 5.10 Å². The maximum Gasteiger partial charge on any atom is 0.271 e. The molecule has 2 aromatic rings. The van der Waals surface area contributed by atoms with E-state index in [1.54, 1.807) is 25.1 Å². The monoisotopic (exact) mass is 383 g/mol. The van der Waals surface area contributed by atoms with Crippen molar-refractivity contribution in [2.45, 2.75) is 26.7 Å². The summed E-state index contributed by atoms with van der Waals surface area (Å²) < 4.78 is 10.3. The lowest BCUT2D eigenvalue weighted by molar-refractivity contribution is -0.115. The van der Waals surface area contributed by atoms with Crippen LogP contribution >= 0.6 is 0 Å². The lowest BCUT2D eigenvalue weighted by Gasteiger charge is -2.10. The number of rotatable bonds is 8. The first-order valence-electron chi connectivity index (χ1n) is 8.91. The third kappa shape index (κ3) is 5.84. The van der Waals surface area contributed by atoms with Crippen LogP contribution in [0, 0.1) is 0 Å². The Balaban J connectivity index is 1.98. The highest BCUT2D eigenvalue weighted by Gasteiger charge is 2.11. The van der Waals surface area contributed by atoms with Gasteiger partial charge in [0.15, 0.2) is 0 Å². The van der Waals surface area contributed by atoms with Gasteiger partial charge in [0.1, 0.15) is 11.5 Å². The van der Waals surface area contributed by atoms with Crippen molar-refractivity contribution < 1.29 is 19.1 Å². The Hall–Kier alpha value is -3.35. The number of benzene rings is 2. The van der Waals surface area contributed by atoms with Crippen LogP contribution in [0.1, 0.15) is 36.2 Å². The molecule has 0 unspecified atom stereocenters. The molecule has 0 saturated carbocycles. The van der Waals surface area contributed by atoms with Gasteiger partial charge in [0.25, 0.3) is 5.91 Å². The highest BCUT2D eigenvalue weighted by molar-refractivity contribution is 6.06. The molecule has 0 aliphatic heterocycles. The summed E-state index contributed by atoms with van der Waals surface area (Å²) in [6, 6.07) is 12.5.